The average molecular weight is 290 g/mol. The molecule has 16 heavy (non-hydrogen) atoms. The molecular weight excluding hydrogens is 270 g/mol. The van der Waals surface area contributed by atoms with Gasteiger partial charge in [0.25, 0.3) is 0 Å². The molecule has 92 valence electrons. The fraction of sp³-hybridized carbons (Fsp3) is 0.727. The van der Waals surface area contributed by atoms with Crippen molar-refractivity contribution in [3.63, 3.8) is 0 Å². The number of nitrogens with zero attached hydrogens (tertiary/aromatic N) is 2. The van der Waals surface area contributed by atoms with Crippen LogP contribution >= 0.6 is 15.9 Å². The average Bonchev–Trinajstić information content (AvgIpc) is 2.45. The summed E-state index contributed by atoms with van der Waals surface area (Å²) in [7, 11) is 3.70. The molecule has 1 heterocycles. The molecule has 5 heteroatoms. The molecule has 0 amide bonds. The van der Waals surface area contributed by atoms with Crippen LogP contribution in [-0.2, 0) is 18.3 Å². The van der Waals surface area contributed by atoms with E-state index in [0.717, 1.165) is 29.9 Å². The van der Waals surface area contributed by atoms with Crippen LogP contribution in [0.3, 0.4) is 0 Å². The molecule has 0 saturated heterocycles. The highest BCUT2D eigenvalue weighted by atomic mass is 79.9. The van der Waals surface area contributed by atoms with Gasteiger partial charge in [-0.05, 0) is 28.8 Å². The SMILES string of the molecule is COCC(C)CNCc1c(Br)c(C)nn1C. The van der Waals surface area contributed by atoms with Gasteiger partial charge in [-0.3, -0.25) is 4.68 Å². The van der Waals surface area contributed by atoms with Crippen LogP contribution in [0, 0.1) is 12.8 Å². The predicted octanol–water partition coefficient (Wildman–Crippen LogP) is 1.86. The number of hydrogen-bond donors (Lipinski definition) is 1. The Balaban J connectivity index is 2.43. The molecule has 1 aromatic rings. The molecule has 4 nitrogen and oxygen atoms in total. The monoisotopic (exact) mass is 289 g/mol. The fourth-order valence-corrected chi connectivity index (χ4v) is 2.13. The van der Waals surface area contributed by atoms with Crippen LogP contribution in [0.4, 0.5) is 0 Å². The summed E-state index contributed by atoms with van der Waals surface area (Å²) < 4.78 is 8.10. The quantitative estimate of drug-likeness (QED) is 0.869. The lowest BCUT2D eigenvalue weighted by Crippen LogP contribution is -2.24. The van der Waals surface area contributed by atoms with E-state index in [1.165, 1.54) is 5.69 Å². The third-order valence-corrected chi connectivity index (χ3v) is 3.53. The first-order valence-electron chi connectivity index (χ1n) is 5.43. The molecule has 0 aliphatic carbocycles. The molecule has 1 aromatic heterocycles. The minimum atomic E-state index is 0.526. The summed E-state index contributed by atoms with van der Waals surface area (Å²) in [5, 5.41) is 7.76. The van der Waals surface area contributed by atoms with E-state index >= 15 is 0 Å². The van der Waals surface area contributed by atoms with Crippen LogP contribution in [-0.4, -0.2) is 30.0 Å². The highest BCUT2D eigenvalue weighted by molar-refractivity contribution is 9.10. The van der Waals surface area contributed by atoms with Crippen molar-refractivity contribution in [1.82, 2.24) is 15.1 Å². The van der Waals surface area contributed by atoms with Crippen molar-refractivity contribution in [2.45, 2.75) is 20.4 Å². The molecule has 0 aromatic carbocycles. The van der Waals surface area contributed by atoms with E-state index in [1.54, 1.807) is 7.11 Å². The topological polar surface area (TPSA) is 39.1 Å². The largest absolute Gasteiger partial charge is 0.384 e. The number of hydrogen-bond acceptors (Lipinski definition) is 3. The Morgan fingerprint density at radius 3 is 2.75 bits per heavy atom. The van der Waals surface area contributed by atoms with Gasteiger partial charge in [0.1, 0.15) is 0 Å². The van der Waals surface area contributed by atoms with Gasteiger partial charge in [0.15, 0.2) is 0 Å². The number of aryl methyl sites for hydroxylation is 2. The lowest BCUT2D eigenvalue weighted by atomic mass is 10.2. The molecule has 0 aliphatic rings. The van der Waals surface area contributed by atoms with E-state index < -0.39 is 0 Å². The van der Waals surface area contributed by atoms with E-state index in [0.29, 0.717) is 5.92 Å². The van der Waals surface area contributed by atoms with Gasteiger partial charge in [0.2, 0.25) is 0 Å². The van der Waals surface area contributed by atoms with Crippen molar-refractivity contribution in [2.24, 2.45) is 13.0 Å². The van der Waals surface area contributed by atoms with Gasteiger partial charge in [-0.2, -0.15) is 5.10 Å². The first-order chi connectivity index (χ1) is 7.56. The summed E-state index contributed by atoms with van der Waals surface area (Å²) in [5.74, 6) is 0.526. The van der Waals surface area contributed by atoms with E-state index in [4.69, 9.17) is 4.74 Å². The normalized spacial score (nSPS) is 13.1. The third-order valence-electron chi connectivity index (χ3n) is 2.50. The first-order valence-corrected chi connectivity index (χ1v) is 6.23. The summed E-state index contributed by atoms with van der Waals surface area (Å²) in [6, 6.07) is 0. The summed E-state index contributed by atoms with van der Waals surface area (Å²) in [5.41, 5.74) is 2.21. The standard InChI is InChI=1S/C11H20BrN3O/c1-8(7-16-4)5-13-6-10-11(12)9(2)14-15(10)3/h8,13H,5-7H2,1-4H3. The van der Waals surface area contributed by atoms with Crippen LogP contribution in [0.25, 0.3) is 0 Å². The van der Waals surface area contributed by atoms with Crippen molar-refractivity contribution >= 4 is 15.9 Å². The maximum Gasteiger partial charge on any atom is 0.0739 e. The number of halogens is 1. The van der Waals surface area contributed by atoms with Gasteiger partial charge in [0, 0.05) is 33.9 Å². The van der Waals surface area contributed by atoms with Gasteiger partial charge >= 0.3 is 0 Å². The van der Waals surface area contributed by atoms with Gasteiger partial charge in [-0.15, -0.1) is 0 Å². The Kier molecular flexibility index (Phi) is 5.44. The van der Waals surface area contributed by atoms with Crippen LogP contribution in [0.1, 0.15) is 18.3 Å². The van der Waals surface area contributed by atoms with Gasteiger partial charge in [0.05, 0.1) is 15.9 Å². The van der Waals surface area contributed by atoms with Crippen molar-refractivity contribution in [1.29, 1.82) is 0 Å². The molecule has 0 fully saturated rings. The number of ether oxygens (including phenoxy) is 1. The van der Waals surface area contributed by atoms with E-state index in [1.807, 2.05) is 18.7 Å². The minimum Gasteiger partial charge on any atom is -0.384 e. The zero-order valence-corrected chi connectivity index (χ0v) is 12.0. The molecule has 0 radical (unpaired) electrons. The lowest BCUT2D eigenvalue weighted by Gasteiger charge is -2.11. The van der Waals surface area contributed by atoms with Gasteiger partial charge in [-0.1, -0.05) is 6.92 Å². The van der Waals surface area contributed by atoms with Crippen LogP contribution in [0.2, 0.25) is 0 Å². The van der Waals surface area contributed by atoms with Gasteiger partial charge < -0.3 is 10.1 Å². The number of aromatic nitrogens is 2. The smallest absolute Gasteiger partial charge is 0.0739 e. The van der Waals surface area contributed by atoms with Crippen molar-refractivity contribution < 1.29 is 4.74 Å². The van der Waals surface area contributed by atoms with Crippen molar-refractivity contribution in [3.05, 3.63) is 15.9 Å². The van der Waals surface area contributed by atoms with Crippen LogP contribution in [0.15, 0.2) is 4.47 Å². The number of methoxy groups -OCH3 is 1. The second-order valence-electron chi connectivity index (χ2n) is 4.16. The zero-order valence-electron chi connectivity index (χ0n) is 10.4. The predicted molar refractivity (Wildman–Crippen MR) is 68.4 cm³/mol. The summed E-state index contributed by atoms with van der Waals surface area (Å²) in [6.07, 6.45) is 0. The van der Waals surface area contributed by atoms with Gasteiger partial charge in [-0.25, -0.2) is 0 Å². The van der Waals surface area contributed by atoms with Crippen LogP contribution < -0.4 is 5.32 Å². The Morgan fingerprint density at radius 1 is 1.56 bits per heavy atom. The molecule has 0 aliphatic heterocycles. The lowest BCUT2D eigenvalue weighted by molar-refractivity contribution is 0.158. The zero-order chi connectivity index (χ0) is 12.1. The summed E-state index contributed by atoms with van der Waals surface area (Å²) >= 11 is 3.55. The molecule has 0 saturated carbocycles. The Labute approximate surface area is 105 Å². The molecule has 1 atom stereocenters. The second kappa shape index (κ2) is 6.37. The highest BCUT2D eigenvalue weighted by Crippen LogP contribution is 2.19. The number of nitrogens with one attached hydrogen (secondary N) is 1. The van der Waals surface area contributed by atoms with E-state index in [-0.39, 0.29) is 0 Å². The van der Waals surface area contributed by atoms with Crippen LogP contribution in [0.5, 0.6) is 0 Å². The highest BCUT2D eigenvalue weighted by Gasteiger charge is 2.10. The molecule has 1 N–H and O–H groups in total. The molecule has 1 unspecified atom stereocenters. The fourth-order valence-electron chi connectivity index (χ4n) is 1.65. The van der Waals surface area contributed by atoms with Crippen molar-refractivity contribution in [2.75, 3.05) is 20.3 Å². The maximum absolute atomic E-state index is 5.09. The molecular formula is C11H20BrN3O. The Hall–Kier alpha value is -0.390. The Morgan fingerprint density at radius 2 is 2.25 bits per heavy atom. The second-order valence-corrected chi connectivity index (χ2v) is 4.95. The third kappa shape index (κ3) is 3.57. The molecule has 1 rings (SSSR count). The maximum atomic E-state index is 5.09. The van der Waals surface area contributed by atoms with E-state index in [9.17, 15) is 0 Å². The minimum absolute atomic E-state index is 0.526. The number of rotatable bonds is 6. The Bertz CT molecular complexity index is 338. The van der Waals surface area contributed by atoms with E-state index in [2.05, 4.69) is 33.3 Å². The molecule has 0 bridgehead atoms. The first kappa shape index (κ1) is 13.7. The summed E-state index contributed by atoms with van der Waals surface area (Å²) in [6.45, 7) is 6.73. The summed E-state index contributed by atoms with van der Waals surface area (Å²) in [4.78, 5) is 0. The van der Waals surface area contributed by atoms with Crippen molar-refractivity contribution in [3.8, 4) is 0 Å². The molecule has 0 spiro atoms.